The van der Waals surface area contributed by atoms with Crippen LogP contribution >= 0.6 is 0 Å². The zero-order valence-corrected chi connectivity index (χ0v) is 16.1. The molecular formula is C21H38O3. The molecule has 0 heterocycles. The molecule has 2 aliphatic rings. The highest BCUT2D eigenvalue weighted by molar-refractivity contribution is 5.05. The van der Waals surface area contributed by atoms with Gasteiger partial charge in [-0.1, -0.05) is 46.3 Å². The Morgan fingerprint density at radius 3 is 2.62 bits per heavy atom. The fraction of sp³-hybridized carbons (Fsp3) is 0.905. The second-order valence-electron chi connectivity index (χ2n) is 8.49. The van der Waals surface area contributed by atoms with Crippen molar-refractivity contribution in [2.24, 2.45) is 23.2 Å². The number of rotatable bonds is 8. The average molecular weight is 339 g/mol. The largest absolute Gasteiger partial charge is 0.393 e. The number of aliphatic hydroxyl groups is 2. The van der Waals surface area contributed by atoms with Gasteiger partial charge in [0.15, 0.2) is 0 Å². The van der Waals surface area contributed by atoms with Gasteiger partial charge in [-0.05, 0) is 61.7 Å². The van der Waals surface area contributed by atoms with E-state index >= 15 is 0 Å². The van der Waals surface area contributed by atoms with Crippen LogP contribution in [0.2, 0.25) is 0 Å². The molecule has 0 bridgehead atoms. The van der Waals surface area contributed by atoms with Crippen LogP contribution in [0.25, 0.3) is 0 Å². The first kappa shape index (κ1) is 19.9. The predicted molar refractivity (Wildman–Crippen MR) is 98.8 cm³/mol. The molecule has 0 aromatic rings. The van der Waals surface area contributed by atoms with Gasteiger partial charge in [-0.15, -0.1) is 0 Å². The molecule has 0 spiro atoms. The first-order valence-electron chi connectivity index (χ1n) is 10.0. The molecule has 140 valence electrons. The van der Waals surface area contributed by atoms with Crippen molar-refractivity contribution in [3.63, 3.8) is 0 Å². The molecule has 3 heteroatoms. The van der Waals surface area contributed by atoms with Gasteiger partial charge < -0.3 is 14.9 Å². The van der Waals surface area contributed by atoms with E-state index in [-0.39, 0.29) is 6.10 Å². The van der Waals surface area contributed by atoms with Gasteiger partial charge in [-0.3, -0.25) is 0 Å². The molecule has 2 N–H and O–H groups in total. The average Bonchev–Trinajstić information content (AvgIpc) is 2.92. The second-order valence-corrected chi connectivity index (χ2v) is 8.49. The summed E-state index contributed by atoms with van der Waals surface area (Å²) in [6, 6.07) is 0. The van der Waals surface area contributed by atoms with Crippen LogP contribution in [0.3, 0.4) is 0 Å². The third kappa shape index (κ3) is 4.23. The van der Waals surface area contributed by atoms with Gasteiger partial charge >= 0.3 is 0 Å². The normalized spacial score (nSPS) is 35.3. The van der Waals surface area contributed by atoms with Gasteiger partial charge in [-0.2, -0.15) is 0 Å². The number of hydrogen-bond acceptors (Lipinski definition) is 3. The zero-order valence-electron chi connectivity index (χ0n) is 16.1. The van der Waals surface area contributed by atoms with Crippen molar-refractivity contribution in [2.75, 3.05) is 13.2 Å². The Morgan fingerprint density at radius 2 is 1.96 bits per heavy atom. The summed E-state index contributed by atoms with van der Waals surface area (Å²) >= 11 is 0. The molecule has 2 saturated carbocycles. The lowest BCUT2D eigenvalue weighted by atomic mass is 9.62. The van der Waals surface area contributed by atoms with Crippen LogP contribution in [0, 0.1) is 23.2 Å². The van der Waals surface area contributed by atoms with E-state index in [0.29, 0.717) is 36.4 Å². The third-order valence-electron chi connectivity index (χ3n) is 7.14. The van der Waals surface area contributed by atoms with Crippen molar-refractivity contribution >= 4 is 0 Å². The standard InChI is InChI=1S/C21H38O3/c1-5-21(23,6-2)15-24-14-8-9-16(3)17-11-12-18-19(22)10-7-13-20(17,18)4/h8-9,16-19,22-23H,5-7,10-15H2,1-4H3/t16?,17-,18-,19-,20+/m1/s1. The minimum atomic E-state index is -0.677. The predicted octanol–water partition coefficient (Wildman–Crippen LogP) is 4.32. The third-order valence-corrected chi connectivity index (χ3v) is 7.14. The van der Waals surface area contributed by atoms with Gasteiger partial charge in [0, 0.05) is 0 Å². The summed E-state index contributed by atoms with van der Waals surface area (Å²) < 4.78 is 5.67. The topological polar surface area (TPSA) is 49.7 Å². The van der Waals surface area contributed by atoms with Crippen LogP contribution in [-0.4, -0.2) is 35.1 Å². The number of hydrogen-bond donors (Lipinski definition) is 2. The van der Waals surface area contributed by atoms with Gasteiger partial charge in [0.05, 0.1) is 24.9 Å². The fourth-order valence-corrected chi connectivity index (χ4v) is 5.23. The number of allylic oxidation sites excluding steroid dienone is 1. The smallest absolute Gasteiger partial charge is 0.0875 e. The Hall–Kier alpha value is -0.380. The lowest BCUT2D eigenvalue weighted by molar-refractivity contribution is -0.0447. The molecule has 3 nitrogen and oxygen atoms in total. The van der Waals surface area contributed by atoms with Crippen LogP contribution in [-0.2, 0) is 4.74 Å². The Morgan fingerprint density at radius 1 is 1.25 bits per heavy atom. The zero-order chi connectivity index (χ0) is 17.8. The van der Waals surface area contributed by atoms with Crippen molar-refractivity contribution in [3.8, 4) is 0 Å². The van der Waals surface area contributed by atoms with Crippen molar-refractivity contribution in [2.45, 2.75) is 84.3 Å². The molecule has 0 aliphatic heterocycles. The first-order valence-corrected chi connectivity index (χ1v) is 10.0. The summed E-state index contributed by atoms with van der Waals surface area (Å²) in [6.45, 7) is 9.70. The van der Waals surface area contributed by atoms with E-state index in [1.54, 1.807) is 0 Å². The monoisotopic (exact) mass is 338 g/mol. The molecule has 0 radical (unpaired) electrons. The van der Waals surface area contributed by atoms with Crippen LogP contribution in [0.5, 0.6) is 0 Å². The molecule has 24 heavy (non-hydrogen) atoms. The van der Waals surface area contributed by atoms with Crippen molar-refractivity contribution in [1.29, 1.82) is 0 Å². The highest BCUT2D eigenvalue weighted by Crippen LogP contribution is 2.57. The van der Waals surface area contributed by atoms with Crippen LogP contribution in [0.15, 0.2) is 12.2 Å². The van der Waals surface area contributed by atoms with Gasteiger partial charge in [0.2, 0.25) is 0 Å². The highest BCUT2D eigenvalue weighted by atomic mass is 16.5. The first-order chi connectivity index (χ1) is 11.4. The molecular weight excluding hydrogens is 300 g/mol. The van der Waals surface area contributed by atoms with Crippen molar-refractivity contribution in [3.05, 3.63) is 12.2 Å². The van der Waals surface area contributed by atoms with Crippen molar-refractivity contribution in [1.82, 2.24) is 0 Å². The Balaban J connectivity index is 1.83. The summed E-state index contributed by atoms with van der Waals surface area (Å²) in [6.07, 6.45) is 11.6. The minimum absolute atomic E-state index is 0.0889. The molecule has 0 saturated heterocycles. The lowest BCUT2D eigenvalue weighted by Gasteiger charge is -2.44. The summed E-state index contributed by atoms with van der Waals surface area (Å²) in [5.41, 5.74) is -0.378. The Labute approximate surface area is 148 Å². The Kier molecular flexibility index (Phi) is 6.92. The van der Waals surface area contributed by atoms with Gasteiger partial charge in [0.25, 0.3) is 0 Å². The molecule has 0 aromatic heterocycles. The van der Waals surface area contributed by atoms with E-state index in [1.165, 1.54) is 19.3 Å². The molecule has 2 rings (SSSR count). The second kappa shape index (κ2) is 8.33. The van der Waals surface area contributed by atoms with E-state index in [2.05, 4.69) is 26.0 Å². The van der Waals surface area contributed by atoms with Gasteiger partial charge in [-0.25, -0.2) is 0 Å². The minimum Gasteiger partial charge on any atom is -0.393 e. The maximum atomic E-state index is 10.4. The quantitative estimate of drug-likeness (QED) is 0.512. The molecule has 2 aliphatic carbocycles. The maximum Gasteiger partial charge on any atom is 0.0875 e. The van der Waals surface area contributed by atoms with E-state index in [1.807, 2.05) is 13.8 Å². The maximum absolute atomic E-state index is 10.4. The van der Waals surface area contributed by atoms with Crippen LogP contribution < -0.4 is 0 Å². The van der Waals surface area contributed by atoms with E-state index in [0.717, 1.165) is 25.7 Å². The summed E-state index contributed by atoms with van der Waals surface area (Å²) in [7, 11) is 0. The van der Waals surface area contributed by atoms with Crippen molar-refractivity contribution < 1.29 is 14.9 Å². The summed E-state index contributed by atoms with van der Waals surface area (Å²) in [5, 5.41) is 20.6. The van der Waals surface area contributed by atoms with E-state index in [4.69, 9.17) is 4.74 Å². The van der Waals surface area contributed by atoms with E-state index < -0.39 is 5.60 Å². The van der Waals surface area contributed by atoms with E-state index in [9.17, 15) is 10.2 Å². The molecule has 0 amide bonds. The molecule has 2 fully saturated rings. The fourth-order valence-electron chi connectivity index (χ4n) is 5.23. The highest BCUT2D eigenvalue weighted by Gasteiger charge is 2.51. The van der Waals surface area contributed by atoms with Crippen LogP contribution in [0.4, 0.5) is 0 Å². The molecule has 1 unspecified atom stereocenters. The lowest BCUT2D eigenvalue weighted by Crippen LogP contribution is -2.41. The summed E-state index contributed by atoms with van der Waals surface area (Å²) in [5.74, 6) is 1.68. The number of fused-ring (bicyclic) bond motifs is 1. The van der Waals surface area contributed by atoms with Crippen LogP contribution in [0.1, 0.15) is 72.6 Å². The SMILES string of the molecule is CCC(O)(CC)COCC=CC(C)[C@H]1CC[C@@H]2[C@H](O)CCC[C@@]12C. The summed E-state index contributed by atoms with van der Waals surface area (Å²) in [4.78, 5) is 0. The number of aliphatic hydroxyl groups excluding tert-OH is 1. The number of ether oxygens (including phenoxy) is 1. The molecule has 5 atom stereocenters. The molecule has 0 aromatic carbocycles. The van der Waals surface area contributed by atoms with Gasteiger partial charge in [0.1, 0.15) is 0 Å². The Bertz CT molecular complexity index is 415.